The largest absolute Gasteiger partial charge is 0.338 e. The van der Waals surface area contributed by atoms with E-state index in [0.717, 1.165) is 5.75 Å². The third-order valence-corrected chi connectivity index (χ3v) is 4.06. The Kier molecular flexibility index (Phi) is 5.46. The number of carbonyl (C=O) groups is 1. The molecule has 17 heavy (non-hydrogen) atoms. The maximum Gasteiger partial charge on any atom is 0.255 e. The average molecular weight is 320 g/mol. The molecule has 0 bridgehead atoms. The van der Waals surface area contributed by atoms with Crippen molar-refractivity contribution in [1.82, 2.24) is 4.90 Å². The second-order valence-electron chi connectivity index (χ2n) is 3.84. The van der Waals surface area contributed by atoms with Crippen molar-refractivity contribution in [3.63, 3.8) is 0 Å². The minimum Gasteiger partial charge on any atom is -0.338 e. The molecule has 0 aromatic heterocycles. The summed E-state index contributed by atoms with van der Waals surface area (Å²) in [5.41, 5.74) is 0.362. The minimum atomic E-state index is -0.400. The molecule has 1 atom stereocenters. The van der Waals surface area contributed by atoms with Gasteiger partial charge in [-0.3, -0.25) is 4.79 Å². The Balaban J connectivity index is 2.92. The summed E-state index contributed by atoms with van der Waals surface area (Å²) in [7, 11) is 1.74. The van der Waals surface area contributed by atoms with Gasteiger partial charge >= 0.3 is 0 Å². The molecule has 1 rings (SSSR count). The lowest BCUT2D eigenvalue weighted by atomic mass is 10.2. The molecular formula is C12H15BrFNOS. The molecule has 0 aliphatic carbocycles. The van der Waals surface area contributed by atoms with E-state index in [-0.39, 0.29) is 11.9 Å². The van der Waals surface area contributed by atoms with Gasteiger partial charge in [-0.1, -0.05) is 0 Å². The second-order valence-corrected chi connectivity index (χ2v) is 5.61. The van der Waals surface area contributed by atoms with Crippen LogP contribution < -0.4 is 0 Å². The van der Waals surface area contributed by atoms with Gasteiger partial charge < -0.3 is 4.90 Å². The Hall–Kier alpha value is -0.550. The molecule has 1 aromatic rings. The molecule has 0 saturated heterocycles. The van der Waals surface area contributed by atoms with Crippen LogP contribution in [0.3, 0.4) is 0 Å². The number of rotatable bonds is 4. The lowest BCUT2D eigenvalue weighted by molar-refractivity contribution is 0.0756. The van der Waals surface area contributed by atoms with Crippen LogP contribution >= 0.6 is 27.7 Å². The van der Waals surface area contributed by atoms with Crippen LogP contribution in [0.4, 0.5) is 4.39 Å². The van der Waals surface area contributed by atoms with Crippen LogP contribution in [-0.4, -0.2) is 35.9 Å². The van der Waals surface area contributed by atoms with Crippen molar-refractivity contribution in [3.8, 4) is 0 Å². The number of nitrogens with zero attached hydrogens (tertiary/aromatic N) is 1. The normalized spacial score (nSPS) is 12.3. The number of benzene rings is 1. The molecule has 0 aliphatic heterocycles. The fraction of sp³-hybridized carbons (Fsp3) is 0.417. The maximum atomic E-state index is 13.1. The number of thioether (sulfide) groups is 1. The lowest BCUT2D eigenvalue weighted by Gasteiger charge is -2.24. The van der Waals surface area contributed by atoms with Gasteiger partial charge in [0, 0.05) is 23.3 Å². The van der Waals surface area contributed by atoms with Crippen molar-refractivity contribution in [2.24, 2.45) is 0 Å². The first-order chi connectivity index (χ1) is 7.97. The van der Waals surface area contributed by atoms with E-state index in [1.807, 2.05) is 13.2 Å². The van der Waals surface area contributed by atoms with Gasteiger partial charge in [0.25, 0.3) is 5.91 Å². The molecule has 5 heteroatoms. The number of carbonyl (C=O) groups excluding carboxylic acids is 1. The van der Waals surface area contributed by atoms with Gasteiger partial charge in [0.2, 0.25) is 0 Å². The molecule has 1 amide bonds. The fourth-order valence-electron chi connectivity index (χ4n) is 1.40. The minimum absolute atomic E-state index is 0.118. The zero-order valence-electron chi connectivity index (χ0n) is 10.0. The van der Waals surface area contributed by atoms with Crippen molar-refractivity contribution < 1.29 is 9.18 Å². The van der Waals surface area contributed by atoms with Crippen LogP contribution in [0.2, 0.25) is 0 Å². The first-order valence-corrected chi connectivity index (χ1v) is 7.37. The zero-order chi connectivity index (χ0) is 13.0. The van der Waals surface area contributed by atoms with Crippen LogP contribution in [0, 0.1) is 5.82 Å². The highest BCUT2D eigenvalue weighted by molar-refractivity contribution is 9.10. The lowest BCUT2D eigenvalue weighted by Crippen LogP contribution is -2.36. The van der Waals surface area contributed by atoms with Crippen LogP contribution in [-0.2, 0) is 0 Å². The quantitative estimate of drug-likeness (QED) is 0.847. The maximum absolute atomic E-state index is 13.1. The van der Waals surface area contributed by atoms with Crippen LogP contribution in [0.5, 0.6) is 0 Å². The van der Waals surface area contributed by atoms with E-state index in [1.165, 1.54) is 12.1 Å². The van der Waals surface area contributed by atoms with Crippen molar-refractivity contribution >= 4 is 33.6 Å². The van der Waals surface area contributed by atoms with Crippen LogP contribution in [0.25, 0.3) is 0 Å². The topological polar surface area (TPSA) is 20.3 Å². The predicted octanol–water partition coefficient (Wildman–Crippen LogP) is 3.41. The van der Waals surface area contributed by atoms with Crippen molar-refractivity contribution in [3.05, 3.63) is 34.1 Å². The second kappa shape index (κ2) is 6.40. The van der Waals surface area contributed by atoms with Crippen LogP contribution in [0.15, 0.2) is 22.7 Å². The number of hydrogen-bond acceptors (Lipinski definition) is 2. The number of halogens is 2. The molecule has 0 radical (unpaired) electrons. The van der Waals surface area contributed by atoms with E-state index < -0.39 is 5.82 Å². The van der Waals surface area contributed by atoms with E-state index in [1.54, 1.807) is 29.8 Å². The summed E-state index contributed by atoms with van der Waals surface area (Å²) in [4.78, 5) is 13.8. The van der Waals surface area contributed by atoms with Gasteiger partial charge in [-0.05, 0) is 47.3 Å². The average Bonchev–Trinajstić information content (AvgIpc) is 2.30. The van der Waals surface area contributed by atoms with Gasteiger partial charge in [-0.25, -0.2) is 4.39 Å². The predicted molar refractivity (Wildman–Crippen MR) is 74.0 cm³/mol. The summed E-state index contributed by atoms with van der Waals surface area (Å²) < 4.78 is 13.7. The Bertz CT molecular complexity index is 413. The van der Waals surface area contributed by atoms with E-state index in [9.17, 15) is 9.18 Å². The van der Waals surface area contributed by atoms with Gasteiger partial charge in [-0.15, -0.1) is 0 Å². The third kappa shape index (κ3) is 3.71. The molecule has 2 nitrogen and oxygen atoms in total. The smallest absolute Gasteiger partial charge is 0.255 e. The van der Waals surface area contributed by atoms with E-state index in [4.69, 9.17) is 0 Å². The van der Waals surface area contributed by atoms with E-state index in [0.29, 0.717) is 10.0 Å². The number of amides is 1. The molecule has 0 fully saturated rings. The highest BCUT2D eigenvalue weighted by Crippen LogP contribution is 2.20. The third-order valence-electron chi connectivity index (χ3n) is 2.55. The SMILES string of the molecule is CSCC(C)N(C)C(=O)c1cc(F)ccc1Br. The molecule has 94 valence electrons. The van der Waals surface area contributed by atoms with Gasteiger partial charge in [-0.2, -0.15) is 11.8 Å². The van der Waals surface area contributed by atoms with Crippen LogP contribution in [0.1, 0.15) is 17.3 Å². The highest BCUT2D eigenvalue weighted by atomic mass is 79.9. The summed E-state index contributed by atoms with van der Waals surface area (Å²) in [5, 5.41) is 0. The Labute approximate surface area is 114 Å². The van der Waals surface area contributed by atoms with Gasteiger partial charge in [0.1, 0.15) is 5.82 Å². The van der Waals surface area contributed by atoms with Crippen molar-refractivity contribution in [1.29, 1.82) is 0 Å². The Morgan fingerprint density at radius 2 is 2.24 bits per heavy atom. The first kappa shape index (κ1) is 14.5. The van der Waals surface area contributed by atoms with Crippen molar-refractivity contribution in [2.75, 3.05) is 19.1 Å². The zero-order valence-corrected chi connectivity index (χ0v) is 12.4. The van der Waals surface area contributed by atoms with E-state index in [2.05, 4.69) is 15.9 Å². The first-order valence-electron chi connectivity index (χ1n) is 5.18. The summed E-state index contributed by atoms with van der Waals surface area (Å²) in [5.74, 6) is 0.287. The highest BCUT2D eigenvalue weighted by Gasteiger charge is 2.19. The molecule has 1 aromatic carbocycles. The molecule has 0 heterocycles. The summed E-state index contributed by atoms with van der Waals surface area (Å²) >= 11 is 4.95. The molecular weight excluding hydrogens is 305 g/mol. The standard InChI is InChI=1S/C12H15BrFNOS/c1-8(7-17-3)15(2)12(16)10-6-9(14)4-5-11(10)13/h4-6,8H,7H2,1-3H3. The molecule has 0 spiro atoms. The van der Waals surface area contributed by atoms with E-state index >= 15 is 0 Å². The monoisotopic (exact) mass is 319 g/mol. The Morgan fingerprint density at radius 3 is 2.82 bits per heavy atom. The van der Waals surface area contributed by atoms with Gasteiger partial charge in [0.15, 0.2) is 0 Å². The summed E-state index contributed by atoms with van der Waals surface area (Å²) in [6.07, 6.45) is 1.99. The molecule has 0 aliphatic rings. The Morgan fingerprint density at radius 1 is 1.59 bits per heavy atom. The summed E-state index contributed by atoms with van der Waals surface area (Å²) in [6.45, 7) is 1.97. The fourth-order valence-corrected chi connectivity index (χ4v) is 2.53. The van der Waals surface area contributed by atoms with Gasteiger partial charge in [0.05, 0.1) is 5.56 Å². The molecule has 0 N–H and O–H groups in total. The summed E-state index contributed by atoms with van der Waals surface area (Å²) in [6, 6.07) is 4.25. The number of hydrogen-bond donors (Lipinski definition) is 0. The molecule has 1 unspecified atom stereocenters. The van der Waals surface area contributed by atoms with Crippen molar-refractivity contribution in [2.45, 2.75) is 13.0 Å². The molecule has 0 saturated carbocycles.